The van der Waals surface area contributed by atoms with Crippen LogP contribution in [0, 0.1) is 0 Å². The first kappa shape index (κ1) is 16.5. The lowest BCUT2D eigenvalue weighted by Gasteiger charge is -2.18. The fraction of sp³-hybridized carbons (Fsp3) is 0.333. The van der Waals surface area contributed by atoms with Crippen molar-refractivity contribution in [1.82, 2.24) is 10.2 Å². The summed E-state index contributed by atoms with van der Waals surface area (Å²) >= 11 is 1.63. The second-order valence-corrected chi connectivity index (χ2v) is 6.74. The summed E-state index contributed by atoms with van der Waals surface area (Å²) in [7, 11) is 1.79. The lowest BCUT2D eigenvalue weighted by Crippen LogP contribution is -2.36. The van der Waals surface area contributed by atoms with Crippen molar-refractivity contribution in [3.05, 3.63) is 52.2 Å². The van der Waals surface area contributed by atoms with Gasteiger partial charge in [0.15, 0.2) is 0 Å². The summed E-state index contributed by atoms with van der Waals surface area (Å²) in [4.78, 5) is 27.4. The molecule has 24 heavy (non-hydrogen) atoms. The van der Waals surface area contributed by atoms with Crippen molar-refractivity contribution < 1.29 is 9.59 Å². The summed E-state index contributed by atoms with van der Waals surface area (Å²) < 4.78 is 0. The number of hydrogen-bond acceptors (Lipinski definition) is 3. The number of carbonyl (C=O) groups is 2. The summed E-state index contributed by atoms with van der Waals surface area (Å²) in [6, 6.07) is 9.73. The zero-order valence-corrected chi connectivity index (χ0v) is 14.5. The average molecular weight is 343 g/mol. The minimum Gasteiger partial charge on any atom is -0.334 e. The summed E-state index contributed by atoms with van der Waals surface area (Å²) in [5.74, 6) is 0.186. The molecule has 1 aromatic heterocycles. The normalized spacial score (nSPS) is 14.0. The molecule has 6 heteroatoms. The Kier molecular flexibility index (Phi) is 5.15. The molecule has 0 aliphatic carbocycles. The van der Waals surface area contributed by atoms with Crippen LogP contribution in [0.15, 0.2) is 41.1 Å². The molecule has 3 rings (SSSR count). The molecule has 1 fully saturated rings. The van der Waals surface area contributed by atoms with E-state index in [1.54, 1.807) is 23.3 Å². The van der Waals surface area contributed by atoms with Crippen molar-refractivity contribution in [1.29, 1.82) is 0 Å². The first-order valence-electron chi connectivity index (χ1n) is 8.03. The molecule has 1 aliphatic heterocycles. The zero-order chi connectivity index (χ0) is 16.9. The highest BCUT2D eigenvalue weighted by Crippen LogP contribution is 2.21. The molecule has 2 heterocycles. The largest absolute Gasteiger partial charge is 0.334 e. The highest BCUT2D eigenvalue weighted by Gasteiger charge is 2.21. The van der Waals surface area contributed by atoms with Crippen LogP contribution in [0.2, 0.25) is 0 Å². The molecular weight excluding hydrogens is 322 g/mol. The fourth-order valence-electron chi connectivity index (χ4n) is 2.76. The molecule has 0 unspecified atom stereocenters. The van der Waals surface area contributed by atoms with Crippen LogP contribution in [0.3, 0.4) is 0 Å². The van der Waals surface area contributed by atoms with E-state index < -0.39 is 0 Å². The van der Waals surface area contributed by atoms with Gasteiger partial charge < -0.3 is 15.1 Å². The van der Waals surface area contributed by atoms with E-state index in [-0.39, 0.29) is 11.9 Å². The third-order valence-electron chi connectivity index (χ3n) is 4.11. The fourth-order valence-corrected chi connectivity index (χ4v) is 3.42. The minimum absolute atomic E-state index is 0.0972. The molecule has 1 saturated heterocycles. The van der Waals surface area contributed by atoms with Gasteiger partial charge in [0.05, 0.1) is 0 Å². The van der Waals surface area contributed by atoms with Gasteiger partial charge >= 0.3 is 6.03 Å². The van der Waals surface area contributed by atoms with Crippen molar-refractivity contribution in [2.45, 2.75) is 25.9 Å². The van der Waals surface area contributed by atoms with E-state index in [9.17, 15) is 9.59 Å². The number of hydrogen-bond donors (Lipinski definition) is 1. The minimum atomic E-state index is -0.0972. The number of nitrogens with one attached hydrogen (secondary N) is 1. The first-order valence-corrected chi connectivity index (χ1v) is 8.97. The van der Waals surface area contributed by atoms with Crippen molar-refractivity contribution in [3.8, 4) is 0 Å². The van der Waals surface area contributed by atoms with Gasteiger partial charge in [-0.3, -0.25) is 4.79 Å². The number of carbonyl (C=O) groups excluding carboxylic acids is 2. The van der Waals surface area contributed by atoms with Crippen LogP contribution in [0.4, 0.5) is 10.5 Å². The lowest BCUT2D eigenvalue weighted by atomic mass is 10.2. The molecule has 1 aromatic carbocycles. The standard InChI is InChI=1S/C18H21N3O2S/c1-20(12-15-8-10-24-13-15)18(23)19-11-14-4-6-16(7-5-14)21-9-2-3-17(21)22/h4-8,10,13H,2-3,9,11-12H2,1H3,(H,19,23). The molecule has 2 aromatic rings. The molecule has 1 aliphatic rings. The van der Waals surface area contributed by atoms with Crippen LogP contribution < -0.4 is 10.2 Å². The van der Waals surface area contributed by atoms with E-state index in [0.29, 0.717) is 19.5 Å². The van der Waals surface area contributed by atoms with Gasteiger partial charge in [-0.2, -0.15) is 11.3 Å². The third kappa shape index (κ3) is 3.94. The van der Waals surface area contributed by atoms with Crippen LogP contribution >= 0.6 is 11.3 Å². The average Bonchev–Trinajstić information content (AvgIpc) is 3.24. The van der Waals surface area contributed by atoms with E-state index >= 15 is 0 Å². The van der Waals surface area contributed by atoms with Crippen LogP contribution in [-0.2, 0) is 17.9 Å². The van der Waals surface area contributed by atoms with Gasteiger partial charge in [-0.1, -0.05) is 12.1 Å². The molecule has 0 radical (unpaired) electrons. The number of amides is 3. The van der Waals surface area contributed by atoms with E-state index in [2.05, 4.69) is 5.32 Å². The number of anilines is 1. The monoisotopic (exact) mass is 343 g/mol. The number of thiophene rings is 1. The number of benzene rings is 1. The lowest BCUT2D eigenvalue weighted by molar-refractivity contribution is -0.117. The third-order valence-corrected chi connectivity index (χ3v) is 4.84. The molecule has 1 N–H and O–H groups in total. The Balaban J connectivity index is 1.51. The zero-order valence-electron chi connectivity index (χ0n) is 13.7. The Morgan fingerprint density at radius 1 is 1.25 bits per heavy atom. The van der Waals surface area contributed by atoms with Crippen LogP contribution in [0.1, 0.15) is 24.0 Å². The number of rotatable bonds is 5. The van der Waals surface area contributed by atoms with Crippen LogP contribution in [-0.4, -0.2) is 30.4 Å². The molecule has 0 saturated carbocycles. The van der Waals surface area contributed by atoms with Crippen molar-refractivity contribution in [3.63, 3.8) is 0 Å². The Morgan fingerprint density at radius 2 is 2.04 bits per heavy atom. The van der Waals surface area contributed by atoms with Gasteiger partial charge in [0.1, 0.15) is 0 Å². The molecule has 3 amide bonds. The van der Waals surface area contributed by atoms with E-state index in [0.717, 1.165) is 29.8 Å². The quantitative estimate of drug-likeness (QED) is 0.906. The first-order chi connectivity index (χ1) is 11.6. The molecule has 0 atom stereocenters. The molecular formula is C18H21N3O2S. The van der Waals surface area contributed by atoms with Crippen LogP contribution in [0.25, 0.3) is 0 Å². The maximum absolute atomic E-state index is 12.1. The SMILES string of the molecule is CN(Cc1ccsc1)C(=O)NCc1ccc(N2CCCC2=O)cc1. The Morgan fingerprint density at radius 3 is 2.67 bits per heavy atom. The van der Waals surface area contributed by atoms with Crippen molar-refractivity contribution in [2.75, 3.05) is 18.5 Å². The maximum atomic E-state index is 12.1. The predicted octanol–water partition coefficient (Wildman–Crippen LogP) is 3.22. The maximum Gasteiger partial charge on any atom is 0.317 e. The van der Waals surface area contributed by atoms with Gasteiger partial charge in [-0.15, -0.1) is 0 Å². The molecule has 0 bridgehead atoms. The topological polar surface area (TPSA) is 52.7 Å². The van der Waals surface area contributed by atoms with E-state index in [1.165, 1.54) is 0 Å². The second-order valence-electron chi connectivity index (χ2n) is 5.96. The number of urea groups is 1. The second kappa shape index (κ2) is 7.49. The molecule has 5 nitrogen and oxygen atoms in total. The van der Waals surface area contributed by atoms with Crippen molar-refractivity contribution >= 4 is 29.0 Å². The van der Waals surface area contributed by atoms with Gasteiger partial charge in [0.2, 0.25) is 5.91 Å². The Labute approximate surface area is 145 Å². The van der Waals surface area contributed by atoms with Gasteiger partial charge in [0.25, 0.3) is 0 Å². The summed E-state index contributed by atoms with van der Waals surface area (Å²) in [6.07, 6.45) is 1.56. The highest BCUT2D eigenvalue weighted by molar-refractivity contribution is 7.07. The van der Waals surface area contributed by atoms with E-state index in [1.807, 2.05) is 46.0 Å². The highest BCUT2D eigenvalue weighted by atomic mass is 32.1. The van der Waals surface area contributed by atoms with Crippen molar-refractivity contribution in [2.24, 2.45) is 0 Å². The molecule has 0 spiro atoms. The Hall–Kier alpha value is -2.34. The van der Waals surface area contributed by atoms with Gasteiger partial charge in [0, 0.05) is 38.8 Å². The molecule has 126 valence electrons. The summed E-state index contributed by atoms with van der Waals surface area (Å²) in [6.45, 7) is 1.87. The van der Waals surface area contributed by atoms with E-state index in [4.69, 9.17) is 0 Å². The summed E-state index contributed by atoms with van der Waals surface area (Å²) in [5, 5.41) is 6.97. The van der Waals surface area contributed by atoms with Gasteiger partial charge in [-0.05, 0) is 46.5 Å². The van der Waals surface area contributed by atoms with Gasteiger partial charge in [-0.25, -0.2) is 4.79 Å². The number of nitrogens with zero attached hydrogens (tertiary/aromatic N) is 2. The predicted molar refractivity (Wildman–Crippen MR) is 96.1 cm³/mol. The summed E-state index contributed by atoms with van der Waals surface area (Å²) in [5.41, 5.74) is 3.09. The Bertz CT molecular complexity index is 698. The van der Waals surface area contributed by atoms with Crippen LogP contribution in [0.5, 0.6) is 0 Å². The smallest absolute Gasteiger partial charge is 0.317 e.